The van der Waals surface area contributed by atoms with E-state index >= 15 is 0 Å². The quantitative estimate of drug-likeness (QED) is 0.742. The Kier molecular flexibility index (Phi) is 3.62. The fourth-order valence-electron chi connectivity index (χ4n) is 2.09. The normalized spacial score (nSPS) is 14.3. The van der Waals surface area contributed by atoms with E-state index in [-0.39, 0.29) is 0 Å². The highest BCUT2D eigenvalue weighted by Crippen LogP contribution is 2.25. The smallest absolute Gasteiger partial charge is 0.0552 e. The second-order valence-electron chi connectivity index (χ2n) is 4.15. The summed E-state index contributed by atoms with van der Waals surface area (Å²) in [6, 6.07) is 8.67. The molecule has 2 rings (SSSR count). The van der Waals surface area contributed by atoms with Gasteiger partial charge < -0.3 is 5.01 Å². The fourth-order valence-corrected chi connectivity index (χ4v) is 2.09. The van der Waals surface area contributed by atoms with Crippen LogP contribution in [0.1, 0.15) is 31.7 Å². The molecule has 0 amide bonds. The molecule has 1 aliphatic rings. The first-order valence-corrected chi connectivity index (χ1v) is 6.01. The van der Waals surface area contributed by atoms with Crippen LogP contribution in [0.25, 0.3) is 0 Å². The lowest BCUT2D eigenvalue weighted by Gasteiger charge is -2.20. The molecule has 82 valence electrons. The maximum Gasteiger partial charge on any atom is 0.0552 e. The third kappa shape index (κ3) is 2.51. The fraction of sp³-hybridized carbons (Fsp3) is 0.538. The molecule has 1 aromatic carbocycles. The van der Waals surface area contributed by atoms with Crippen molar-refractivity contribution in [3.05, 3.63) is 29.8 Å². The molecule has 0 spiro atoms. The van der Waals surface area contributed by atoms with E-state index in [1.165, 1.54) is 36.9 Å². The van der Waals surface area contributed by atoms with E-state index in [9.17, 15) is 0 Å². The summed E-state index contributed by atoms with van der Waals surface area (Å²) in [5.74, 6) is 0. The molecular weight excluding hydrogens is 184 g/mol. The van der Waals surface area contributed by atoms with Crippen LogP contribution in [0, 0.1) is 0 Å². The average Bonchev–Trinajstić information content (AvgIpc) is 2.68. The number of fused-ring (bicyclic) bond motifs is 1. The van der Waals surface area contributed by atoms with Gasteiger partial charge in [0.15, 0.2) is 0 Å². The van der Waals surface area contributed by atoms with Crippen LogP contribution in [0.5, 0.6) is 0 Å². The molecule has 0 unspecified atom stereocenters. The van der Waals surface area contributed by atoms with E-state index in [1.807, 2.05) is 0 Å². The molecule has 1 heterocycles. The summed E-state index contributed by atoms with van der Waals surface area (Å²) >= 11 is 0. The van der Waals surface area contributed by atoms with Crippen LogP contribution in [0.15, 0.2) is 24.3 Å². The predicted octanol–water partition coefficient (Wildman–Crippen LogP) is 2.74. The number of para-hydroxylation sites is 1. The molecule has 2 heteroatoms. The number of hydrazine groups is 1. The van der Waals surface area contributed by atoms with Gasteiger partial charge in [0, 0.05) is 13.1 Å². The van der Waals surface area contributed by atoms with E-state index in [0.29, 0.717) is 0 Å². The number of unbranched alkanes of at least 4 members (excludes halogenated alkanes) is 2. The first-order valence-electron chi connectivity index (χ1n) is 6.01. The Morgan fingerprint density at radius 3 is 3.00 bits per heavy atom. The van der Waals surface area contributed by atoms with E-state index < -0.39 is 0 Å². The summed E-state index contributed by atoms with van der Waals surface area (Å²) < 4.78 is 0. The number of benzene rings is 1. The summed E-state index contributed by atoms with van der Waals surface area (Å²) in [4.78, 5) is 0. The highest BCUT2D eigenvalue weighted by Gasteiger charge is 2.16. The zero-order chi connectivity index (χ0) is 10.5. The molecule has 0 aliphatic carbocycles. The number of hydrogen-bond donors (Lipinski definition) is 1. The van der Waals surface area contributed by atoms with Crippen molar-refractivity contribution < 1.29 is 0 Å². The number of nitrogens with zero attached hydrogens (tertiary/aromatic N) is 1. The van der Waals surface area contributed by atoms with Crippen LogP contribution < -0.4 is 10.4 Å². The van der Waals surface area contributed by atoms with Gasteiger partial charge in [0.1, 0.15) is 0 Å². The Bertz CT molecular complexity index is 309. The molecular formula is C13H20N2. The largest absolute Gasteiger partial charge is 0.308 e. The SMILES string of the molecule is CCCCCNN1CCc2ccccc21. The monoisotopic (exact) mass is 204 g/mol. The molecule has 1 N–H and O–H groups in total. The lowest BCUT2D eigenvalue weighted by Crippen LogP contribution is -2.37. The van der Waals surface area contributed by atoms with Crippen molar-refractivity contribution in [2.24, 2.45) is 0 Å². The molecule has 0 saturated heterocycles. The van der Waals surface area contributed by atoms with Crippen LogP contribution in [0.2, 0.25) is 0 Å². The van der Waals surface area contributed by atoms with Gasteiger partial charge in [-0.15, -0.1) is 0 Å². The van der Waals surface area contributed by atoms with Gasteiger partial charge in [0.05, 0.1) is 5.69 Å². The van der Waals surface area contributed by atoms with Crippen molar-refractivity contribution in [3.63, 3.8) is 0 Å². The zero-order valence-corrected chi connectivity index (χ0v) is 9.50. The first-order chi connectivity index (χ1) is 7.42. The summed E-state index contributed by atoms with van der Waals surface area (Å²) in [5, 5.41) is 2.30. The van der Waals surface area contributed by atoms with Crippen molar-refractivity contribution in [1.82, 2.24) is 5.43 Å². The van der Waals surface area contributed by atoms with Crippen molar-refractivity contribution in [3.8, 4) is 0 Å². The third-order valence-corrected chi connectivity index (χ3v) is 2.97. The maximum atomic E-state index is 3.51. The van der Waals surface area contributed by atoms with Gasteiger partial charge in [-0.3, -0.25) is 0 Å². The van der Waals surface area contributed by atoms with Crippen molar-refractivity contribution in [2.45, 2.75) is 32.6 Å². The highest BCUT2D eigenvalue weighted by molar-refractivity contribution is 5.56. The van der Waals surface area contributed by atoms with E-state index in [4.69, 9.17) is 0 Å². The molecule has 0 saturated carbocycles. The van der Waals surface area contributed by atoms with Crippen LogP contribution in [-0.2, 0) is 6.42 Å². The van der Waals surface area contributed by atoms with Crippen molar-refractivity contribution in [1.29, 1.82) is 0 Å². The molecule has 0 atom stereocenters. The summed E-state index contributed by atoms with van der Waals surface area (Å²) in [7, 11) is 0. The Balaban J connectivity index is 1.85. The lowest BCUT2D eigenvalue weighted by molar-refractivity contribution is 0.592. The minimum atomic E-state index is 1.10. The number of rotatable bonds is 5. The highest BCUT2D eigenvalue weighted by atomic mass is 15.5. The van der Waals surface area contributed by atoms with Gasteiger partial charge in [-0.05, 0) is 24.5 Å². The van der Waals surface area contributed by atoms with Crippen LogP contribution >= 0.6 is 0 Å². The summed E-state index contributed by atoms with van der Waals surface area (Å²) in [6.07, 6.45) is 5.06. The minimum absolute atomic E-state index is 1.10. The van der Waals surface area contributed by atoms with E-state index in [1.54, 1.807) is 0 Å². The third-order valence-electron chi connectivity index (χ3n) is 2.97. The average molecular weight is 204 g/mol. The van der Waals surface area contributed by atoms with E-state index in [2.05, 4.69) is 41.6 Å². The van der Waals surface area contributed by atoms with Gasteiger partial charge in [0.2, 0.25) is 0 Å². The molecule has 15 heavy (non-hydrogen) atoms. The molecule has 1 aliphatic heterocycles. The Morgan fingerprint density at radius 1 is 1.27 bits per heavy atom. The molecule has 2 nitrogen and oxygen atoms in total. The Labute approximate surface area is 92.3 Å². The molecule has 0 radical (unpaired) electrons. The Morgan fingerprint density at radius 2 is 2.13 bits per heavy atom. The summed E-state index contributed by atoms with van der Waals surface area (Å²) in [5.41, 5.74) is 6.35. The van der Waals surface area contributed by atoms with Crippen molar-refractivity contribution >= 4 is 5.69 Å². The summed E-state index contributed by atoms with van der Waals surface area (Å²) in [6.45, 7) is 4.46. The lowest BCUT2D eigenvalue weighted by atomic mass is 10.2. The minimum Gasteiger partial charge on any atom is -0.308 e. The van der Waals surface area contributed by atoms with Gasteiger partial charge in [0.25, 0.3) is 0 Å². The molecule has 1 aromatic rings. The first kappa shape index (κ1) is 10.5. The molecule has 0 fully saturated rings. The molecule has 0 aromatic heterocycles. The molecule has 0 bridgehead atoms. The standard InChI is InChI=1S/C13H20N2/c1-2-3-6-10-14-15-11-9-12-7-4-5-8-13(12)15/h4-5,7-8,14H,2-3,6,9-11H2,1H3. The van der Waals surface area contributed by atoms with Crippen LogP contribution in [0.4, 0.5) is 5.69 Å². The second-order valence-corrected chi connectivity index (χ2v) is 4.15. The second kappa shape index (κ2) is 5.17. The topological polar surface area (TPSA) is 15.3 Å². The van der Waals surface area contributed by atoms with Crippen LogP contribution in [-0.4, -0.2) is 13.1 Å². The predicted molar refractivity (Wildman–Crippen MR) is 65.0 cm³/mol. The number of hydrogen-bond acceptors (Lipinski definition) is 2. The van der Waals surface area contributed by atoms with E-state index in [0.717, 1.165) is 13.1 Å². The van der Waals surface area contributed by atoms with Crippen LogP contribution in [0.3, 0.4) is 0 Å². The maximum absolute atomic E-state index is 3.51. The Hall–Kier alpha value is -1.02. The van der Waals surface area contributed by atoms with Gasteiger partial charge in [-0.25, -0.2) is 5.43 Å². The number of anilines is 1. The van der Waals surface area contributed by atoms with Crippen molar-refractivity contribution in [2.75, 3.05) is 18.1 Å². The zero-order valence-electron chi connectivity index (χ0n) is 9.50. The van der Waals surface area contributed by atoms with Gasteiger partial charge in [-0.1, -0.05) is 38.0 Å². The van der Waals surface area contributed by atoms with Gasteiger partial charge >= 0.3 is 0 Å². The van der Waals surface area contributed by atoms with Gasteiger partial charge in [-0.2, -0.15) is 0 Å². The number of nitrogens with one attached hydrogen (secondary N) is 1.